The number of aromatic nitrogens is 1. The minimum Gasteiger partial charge on any atom is -0.354 e. The normalized spacial score (nSPS) is 23.0. The van der Waals surface area contributed by atoms with Crippen LogP contribution in [0.25, 0.3) is 0 Å². The lowest BCUT2D eigenvalue weighted by atomic mass is 9.93. The molecule has 2 heterocycles. The van der Waals surface area contributed by atoms with Crippen molar-refractivity contribution in [3.05, 3.63) is 23.4 Å². The van der Waals surface area contributed by atoms with E-state index in [9.17, 15) is 0 Å². The summed E-state index contributed by atoms with van der Waals surface area (Å²) in [6.07, 6.45) is 6.68. The van der Waals surface area contributed by atoms with E-state index in [1.807, 2.05) is 19.2 Å². The van der Waals surface area contributed by atoms with Crippen molar-refractivity contribution in [2.75, 3.05) is 25.0 Å². The molecule has 1 saturated heterocycles. The molecule has 2 fully saturated rings. The summed E-state index contributed by atoms with van der Waals surface area (Å²) < 4.78 is 0. The molecule has 1 aliphatic carbocycles. The fourth-order valence-electron chi connectivity index (χ4n) is 2.79. The number of nitrogens with one attached hydrogen (secondary N) is 2. The average Bonchev–Trinajstić information content (AvgIpc) is 2.90. The fourth-order valence-corrected chi connectivity index (χ4v) is 3.03. The first-order valence-electron chi connectivity index (χ1n) is 7.61. The zero-order chi connectivity index (χ0) is 14.7. The Morgan fingerprint density at radius 3 is 2.81 bits per heavy atom. The number of pyridine rings is 1. The van der Waals surface area contributed by atoms with Gasteiger partial charge >= 0.3 is 0 Å². The molecule has 1 aliphatic heterocycles. The van der Waals surface area contributed by atoms with Gasteiger partial charge < -0.3 is 15.5 Å². The Morgan fingerprint density at radius 2 is 2.14 bits per heavy atom. The molecule has 5 nitrogen and oxygen atoms in total. The molecule has 21 heavy (non-hydrogen) atoms. The molecule has 1 aromatic rings. The van der Waals surface area contributed by atoms with Crippen LogP contribution in [-0.4, -0.2) is 43.2 Å². The van der Waals surface area contributed by atoms with E-state index in [0.717, 1.165) is 36.3 Å². The summed E-state index contributed by atoms with van der Waals surface area (Å²) in [6.45, 7) is 1.87. The van der Waals surface area contributed by atoms with Crippen LogP contribution in [0.1, 0.15) is 25.7 Å². The molecule has 6 heteroatoms. The standard InChI is InChI=1S/C15H22ClN5/c1-17-15(19-11-4-2-5-11)20-12-7-9-21(10-12)14-13(16)6-3-8-18-14/h3,6,8,11-12H,2,4-5,7,9-10H2,1H3,(H2,17,19,20). The Hall–Kier alpha value is -1.49. The van der Waals surface area contributed by atoms with Gasteiger partial charge in [-0.1, -0.05) is 11.6 Å². The maximum Gasteiger partial charge on any atom is 0.191 e. The van der Waals surface area contributed by atoms with Gasteiger partial charge in [0.05, 0.1) is 5.02 Å². The summed E-state index contributed by atoms with van der Waals surface area (Å²) in [4.78, 5) is 10.9. The van der Waals surface area contributed by atoms with Crippen molar-refractivity contribution in [1.82, 2.24) is 15.6 Å². The van der Waals surface area contributed by atoms with E-state index >= 15 is 0 Å². The van der Waals surface area contributed by atoms with Crippen molar-refractivity contribution in [3.8, 4) is 0 Å². The van der Waals surface area contributed by atoms with Crippen molar-refractivity contribution in [2.24, 2.45) is 4.99 Å². The summed E-state index contributed by atoms with van der Waals surface area (Å²) in [7, 11) is 1.83. The molecule has 1 saturated carbocycles. The second kappa shape index (κ2) is 6.52. The first-order chi connectivity index (χ1) is 10.3. The van der Waals surface area contributed by atoms with E-state index in [1.54, 1.807) is 6.20 Å². The van der Waals surface area contributed by atoms with Crippen LogP contribution in [0.15, 0.2) is 23.3 Å². The lowest BCUT2D eigenvalue weighted by Gasteiger charge is -2.29. The maximum atomic E-state index is 6.22. The molecule has 2 aliphatic rings. The van der Waals surface area contributed by atoms with Gasteiger partial charge in [-0.15, -0.1) is 0 Å². The van der Waals surface area contributed by atoms with Crippen molar-refractivity contribution in [1.29, 1.82) is 0 Å². The first-order valence-corrected chi connectivity index (χ1v) is 7.99. The molecule has 2 N–H and O–H groups in total. The molecule has 3 rings (SSSR count). The van der Waals surface area contributed by atoms with Gasteiger partial charge in [0.25, 0.3) is 0 Å². The number of hydrogen-bond donors (Lipinski definition) is 2. The fraction of sp³-hybridized carbons (Fsp3) is 0.600. The highest BCUT2D eigenvalue weighted by molar-refractivity contribution is 6.32. The van der Waals surface area contributed by atoms with Gasteiger partial charge in [0, 0.05) is 38.4 Å². The molecule has 0 aromatic carbocycles. The van der Waals surface area contributed by atoms with Crippen LogP contribution in [0.3, 0.4) is 0 Å². The van der Waals surface area contributed by atoms with Crippen LogP contribution in [0.5, 0.6) is 0 Å². The SMILES string of the molecule is CN=C(NC1CCC1)NC1CCN(c2ncccc2Cl)C1. The highest BCUT2D eigenvalue weighted by atomic mass is 35.5. The number of anilines is 1. The Labute approximate surface area is 130 Å². The smallest absolute Gasteiger partial charge is 0.191 e. The zero-order valence-electron chi connectivity index (χ0n) is 12.3. The minimum atomic E-state index is 0.384. The van der Waals surface area contributed by atoms with Gasteiger partial charge in [0.1, 0.15) is 5.82 Å². The van der Waals surface area contributed by atoms with Crippen LogP contribution in [0.2, 0.25) is 5.02 Å². The van der Waals surface area contributed by atoms with Gasteiger partial charge in [0.15, 0.2) is 5.96 Å². The quantitative estimate of drug-likeness (QED) is 0.663. The second-order valence-electron chi connectivity index (χ2n) is 5.73. The number of aliphatic imine (C=N–C) groups is 1. The monoisotopic (exact) mass is 307 g/mol. The molecule has 0 radical (unpaired) electrons. The van der Waals surface area contributed by atoms with Gasteiger partial charge in [-0.25, -0.2) is 4.98 Å². The van der Waals surface area contributed by atoms with E-state index < -0.39 is 0 Å². The minimum absolute atomic E-state index is 0.384. The third-order valence-electron chi connectivity index (χ3n) is 4.24. The van der Waals surface area contributed by atoms with Gasteiger partial charge in [-0.05, 0) is 37.8 Å². The molecule has 1 aromatic heterocycles. The van der Waals surface area contributed by atoms with Crippen LogP contribution in [-0.2, 0) is 0 Å². The molecule has 1 unspecified atom stereocenters. The van der Waals surface area contributed by atoms with Gasteiger partial charge in [0.2, 0.25) is 0 Å². The lowest BCUT2D eigenvalue weighted by molar-refractivity contribution is 0.378. The molecule has 1 atom stereocenters. The van der Waals surface area contributed by atoms with Crippen LogP contribution in [0, 0.1) is 0 Å². The van der Waals surface area contributed by atoms with Crippen LogP contribution < -0.4 is 15.5 Å². The average molecular weight is 308 g/mol. The molecule has 0 bridgehead atoms. The summed E-state index contributed by atoms with van der Waals surface area (Å²) in [6, 6.07) is 4.73. The predicted octanol–water partition coefficient (Wildman–Crippen LogP) is 2.03. The van der Waals surface area contributed by atoms with Crippen LogP contribution >= 0.6 is 11.6 Å². The molecule has 0 spiro atoms. The predicted molar refractivity (Wildman–Crippen MR) is 87.1 cm³/mol. The highest BCUT2D eigenvalue weighted by Crippen LogP contribution is 2.25. The number of nitrogens with zero attached hydrogens (tertiary/aromatic N) is 3. The van der Waals surface area contributed by atoms with E-state index in [4.69, 9.17) is 11.6 Å². The lowest BCUT2D eigenvalue weighted by Crippen LogP contribution is -2.50. The van der Waals surface area contributed by atoms with E-state index in [2.05, 4.69) is 25.5 Å². The maximum absolute atomic E-state index is 6.22. The number of guanidine groups is 1. The zero-order valence-corrected chi connectivity index (χ0v) is 13.1. The summed E-state index contributed by atoms with van der Waals surface area (Å²) >= 11 is 6.22. The molecular formula is C15H22ClN5. The Balaban J connectivity index is 1.55. The van der Waals surface area contributed by atoms with E-state index in [0.29, 0.717) is 12.1 Å². The molecule has 114 valence electrons. The topological polar surface area (TPSA) is 52.6 Å². The third kappa shape index (κ3) is 3.40. The number of rotatable bonds is 3. The van der Waals surface area contributed by atoms with Gasteiger partial charge in [-0.2, -0.15) is 0 Å². The van der Waals surface area contributed by atoms with Crippen LogP contribution in [0.4, 0.5) is 5.82 Å². The second-order valence-corrected chi connectivity index (χ2v) is 6.14. The molecular weight excluding hydrogens is 286 g/mol. The highest BCUT2D eigenvalue weighted by Gasteiger charge is 2.26. The van der Waals surface area contributed by atoms with Gasteiger partial charge in [-0.3, -0.25) is 4.99 Å². The van der Waals surface area contributed by atoms with Crippen molar-refractivity contribution in [3.63, 3.8) is 0 Å². The molecule has 0 amide bonds. The van der Waals surface area contributed by atoms with Crippen molar-refractivity contribution < 1.29 is 0 Å². The van der Waals surface area contributed by atoms with Crippen molar-refractivity contribution >= 4 is 23.4 Å². The Morgan fingerprint density at radius 1 is 1.33 bits per heavy atom. The summed E-state index contributed by atoms with van der Waals surface area (Å²) in [5.74, 6) is 1.80. The first kappa shape index (κ1) is 14.4. The third-order valence-corrected chi connectivity index (χ3v) is 4.53. The summed E-state index contributed by atoms with van der Waals surface area (Å²) in [5, 5.41) is 7.70. The largest absolute Gasteiger partial charge is 0.354 e. The van der Waals surface area contributed by atoms with E-state index in [1.165, 1.54) is 19.3 Å². The Kier molecular flexibility index (Phi) is 4.48. The number of hydrogen-bond acceptors (Lipinski definition) is 3. The summed E-state index contributed by atoms with van der Waals surface area (Å²) in [5.41, 5.74) is 0. The number of halogens is 1. The van der Waals surface area contributed by atoms with E-state index in [-0.39, 0.29) is 0 Å². The van der Waals surface area contributed by atoms with Crippen molar-refractivity contribution in [2.45, 2.75) is 37.8 Å². The Bertz CT molecular complexity index is 515.